The summed E-state index contributed by atoms with van der Waals surface area (Å²) < 4.78 is 5.71. The van der Waals surface area contributed by atoms with Crippen molar-refractivity contribution in [3.8, 4) is 0 Å². The minimum absolute atomic E-state index is 0.428. The predicted octanol–water partition coefficient (Wildman–Crippen LogP) is 1.34. The largest absolute Gasteiger partial charge is 0.374 e. The molecule has 2 N–H and O–H groups in total. The summed E-state index contributed by atoms with van der Waals surface area (Å²) in [4.78, 5) is 3.96. The molecule has 0 spiro atoms. The Labute approximate surface area is 84.3 Å². The number of rotatable bonds is 4. The Morgan fingerprint density at radius 1 is 1.36 bits per heavy atom. The number of hydrogen-bond donors (Lipinski definition) is 1. The molecule has 0 saturated heterocycles. The zero-order valence-corrected chi connectivity index (χ0v) is 8.23. The standard InChI is InChI=1S/C11H16N2O/c12-7-10-5-11(6-10)14-8-9-1-3-13-4-2-9/h1-4,10-11H,5-8,12H2. The molecule has 0 unspecified atom stereocenters. The van der Waals surface area contributed by atoms with E-state index in [1.54, 1.807) is 12.4 Å². The van der Waals surface area contributed by atoms with Crippen LogP contribution < -0.4 is 5.73 Å². The summed E-state index contributed by atoms with van der Waals surface area (Å²) in [6, 6.07) is 3.97. The van der Waals surface area contributed by atoms with Crippen LogP contribution in [0.5, 0.6) is 0 Å². The van der Waals surface area contributed by atoms with Crippen LogP contribution in [0.2, 0.25) is 0 Å². The van der Waals surface area contributed by atoms with Crippen molar-refractivity contribution in [3.05, 3.63) is 30.1 Å². The number of pyridine rings is 1. The van der Waals surface area contributed by atoms with Crippen molar-refractivity contribution < 1.29 is 4.74 Å². The topological polar surface area (TPSA) is 48.1 Å². The molecule has 0 atom stereocenters. The predicted molar refractivity (Wildman–Crippen MR) is 54.6 cm³/mol. The molecule has 0 radical (unpaired) electrons. The number of aromatic nitrogens is 1. The quantitative estimate of drug-likeness (QED) is 0.783. The van der Waals surface area contributed by atoms with Crippen molar-refractivity contribution >= 4 is 0 Å². The van der Waals surface area contributed by atoms with Gasteiger partial charge in [0.15, 0.2) is 0 Å². The molecule has 3 heteroatoms. The molecule has 2 rings (SSSR count). The highest BCUT2D eigenvalue weighted by atomic mass is 16.5. The third-order valence-electron chi connectivity index (χ3n) is 2.76. The highest BCUT2D eigenvalue weighted by Crippen LogP contribution is 2.29. The second-order valence-corrected chi connectivity index (χ2v) is 3.86. The molecule has 1 heterocycles. The summed E-state index contributed by atoms with van der Waals surface area (Å²) in [5, 5.41) is 0. The summed E-state index contributed by atoms with van der Waals surface area (Å²) >= 11 is 0. The van der Waals surface area contributed by atoms with E-state index in [9.17, 15) is 0 Å². The molecule has 0 amide bonds. The highest BCUT2D eigenvalue weighted by Gasteiger charge is 2.28. The number of nitrogens with zero attached hydrogens (tertiary/aromatic N) is 1. The van der Waals surface area contributed by atoms with E-state index in [0.717, 1.165) is 19.4 Å². The van der Waals surface area contributed by atoms with Gasteiger partial charge in [-0.05, 0) is 43.0 Å². The summed E-state index contributed by atoms with van der Waals surface area (Å²) in [5.41, 5.74) is 6.73. The van der Waals surface area contributed by atoms with E-state index in [4.69, 9.17) is 10.5 Å². The maximum absolute atomic E-state index is 5.71. The molecule has 3 nitrogen and oxygen atoms in total. The van der Waals surface area contributed by atoms with Gasteiger partial charge in [-0.15, -0.1) is 0 Å². The average Bonchev–Trinajstić information content (AvgIpc) is 2.17. The van der Waals surface area contributed by atoms with E-state index in [0.29, 0.717) is 18.6 Å². The maximum atomic E-state index is 5.71. The first-order valence-electron chi connectivity index (χ1n) is 5.09. The van der Waals surface area contributed by atoms with Crippen LogP contribution in [0.25, 0.3) is 0 Å². The van der Waals surface area contributed by atoms with Gasteiger partial charge in [-0.2, -0.15) is 0 Å². The summed E-state index contributed by atoms with van der Waals surface area (Å²) in [6.07, 6.45) is 6.27. The van der Waals surface area contributed by atoms with Crippen LogP contribution in [0, 0.1) is 5.92 Å². The van der Waals surface area contributed by atoms with Gasteiger partial charge < -0.3 is 10.5 Å². The molecular weight excluding hydrogens is 176 g/mol. The molecule has 1 saturated carbocycles. The Hall–Kier alpha value is -0.930. The van der Waals surface area contributed by atoms with Crippen molar-refractivity contribution in [3.63, 3.8) is 0 Å². The van der Waals surface area contributed by atoms with Crippen LogP contribution in [0.3, 0.4) is 0 Å². The molecule has 1 fully saturated rings. The van der Waals surface area contributed by atoms with Gasteiger partial charge in [0.25, 0.3) is 0 Å². The smallest absolute Gasteiger partial charge is 0.0721 e. The Kier molecular flexibility index (Phi) is 3.11. The molecule has 0 aromatic carbocycles. The first-order chi connectivity index (χ1) is 6.88. The molecular formula is C11H16N2O. The van der Waals surface area contributed by atoms with Crippen molar-refractivity contribution in [2.45, 2.75) is 25.6 Å². The molecule has 76 valence electrons. The van der Waals surface area contributed by atoms with E-state index < -0.39 is 0 Å². The molecule has 1 aliphatic rings. The Morgan fingerprint density at radius 3 is 2.71 bits per heavy atom. The van der Waals surface area contributed by atoms with Gasteiger partial charge >= 0.3 is 0 Å². The first-order valence-corrected chi connectivity index (χ1v) is 5.09. The van der Waals surface area contributed by atoms with Gasteiger partial charge in [-0.25, -0.2) is 0 Å². The Morgan fingerprint density at radius 2 is 2.07 bits per heavy atom. The average molecular weight is 192 g/mol. The van der Waals surface area contributed by atoms with E-state index in [2.05, 4.69) is 4.98 Å². The van der Waals surface area contributed by atoms with Crippen molar-refractivity contribution in [1.82, 2.24) is 4.98 Å². The summed E-state index contributed by atoms with van der Waals surface area (Å²) in [5.74, 6) is 0.692. The molecule has 1 aromatic heterocycles. The molecule has 1 aliphatic carbocycles. The van der Waals surface area contributed by atoms with Gasteiger partial charge in [0.1, 0.15) is 0 Å². The van der Waals surface area contributed by atoms with Crippen molar-refractivity contribution in [1.29, 1.82) is 0 Å². The lowest BCUT2D eigenvalue weighted by molar-refractivity contribution is -0.0376. The fourth-order valence-electron chi connectivity index (χ4n) is 1.70. The monoisotopic (exact) mass is 192 g/mol. The van der Waals surface area contributed by atoms with E-state index in [-0.39, 0.29) is 0 Å². The number of nitrogens with two attached hydrogens (primary N) is 1. The van der Waals surface area contributed by atoms with E-state index in [1.165, 1.54) is 5.56 Å². The lowest BCUT2D eigenvalue weighted by Crippen LogP contribution is -2.35. The summed E-state index contributed by atoms with van der Waals surface area (Å²) in [7, 11) is 0. The van der Waals surface area contributed by atoms with Gasteiger partial charge in [0.2, 0.25) is 0 Å². The zero-order chi connectivity index (χ0) is 9.80. The van der Waals surface area contributed by atoms with Crippen molar-refractivity contribution in [2.75, 3.05) is 6.54 Å². The third kappa shape index (κ3) is 2.30. The molecule has 14 heavy (non-hydrogen) atoms. The Bertz CT molecular complexity index is 270. The van der Waals surface area contributed by atoms with Gasteiger partial charge in [0.05, 0.1) is 12.7 Å². The lowest BCUT2D eigenvalue weighted by atomic mass is 9.82. The summed E-state index contributed by atoms with van der Waals surface area (Å²) in [6.45, 7) is 1.50. The first kappa shape index (κ1) is 9.62. The van der Waals surface area contributed by atoms with Gasteiger partial charge in [-0.1, -0.05) is 0 Å². The van der Waals surface area contributed by atoms with Crippen LogP contribution in [0.15, 0.2) is 24.5 Å². The maximum Gasteiger partial charge on any atom is 0.0721 e. The molecule has 0 aliphatic heterocycles. The van der Waals surface area contributed by atoms with Crippen LogP contribution in [0.1, 0.15) is 18.4 Å². The Balaban J connectivity index is 1.69. The fraction of sp³-hybridized carbons (Fsp3) is 0.545. The highest BCUT2D eigenvalue weighted by molar-refractivity contribution is 5.08. The van der Waals surface area contributed by atoms with Crippen LogP contribution in [-0.2, 0) is 11.3 Å². The zero-order valence-electron chi connectivity index (χ0n) is 8.23. The number of ether oxygens (including phenoxy) is 1. The molecule has 1 aromatic rings. The van der Waals surface area contributed by atoms with Gasteiger partial charge in [0, 0.05) is 12.4 Å². The minimum Gasteiger partial charge on any atom is -0.374 e. The molecule has 0 bridgehead atoms. The second kappa shape index (κ2) is 4.53. The van der Waals surface area contributed by atoms with Crippen LogP contribution in [-0.4, -0.2) is 17.6 Å². The van der Waals surface area contributed by atoms with Gasteiger partial charge in [-0.3, -0.25) is 4.98 Å². The second-order valence-electron chi connectivity index (χ2n) is 3.86. The lowest BCUT2D eigenvalue weighted by Gasteiger charge is -2.34. The van der Waals surface area contributed by atoms with Crippen molar-refractivity contribution in [2.24, 2.45) is 11.7 Å². The number of hydrogen-bond acceptors (Lipinski definition) is 3. The third-order valence-corrected chi connectivity index (χ3v) is 2.76. The van der Waals surface area contributed by atoms with Crippen LogP contribution >= 0.6 is 0 Å². The van der Waals surface area contributed by atoms with E-state index >= 15 is 0 Å². The van der Waals surface area contributed by atoms with Crippen LogP contribution in [0.4, 0.5) is 0 Å². The normalized spacial score (nSPS) is 25.8. The minimum atomic E-state index is 0.428. The fourth-order valence-corrected chi connectivity index (χ4v) is 1.70. The van der Waals surface area contributed by atoms with E-state index in [1.807, 2.05) is 12.1 Å². The SMILES string of the molecule is NCC1CC(OCc2ccncc2)C1.